The van der Waals surface area contributed by atoms with Gasteiger partial charge in [-0.15, -0.1) is 24.0 Å². The molecule has 1 amide bonds. The number of likely N-dealkylation sites (tertiary alicyclic amines) is 1. The lowest BCUT2D eigenvalue weighted by Gasteiger charge is -2.47. The molecule has 4 aliphatic rings. The van der Waals surface area contributed by atoms with Gasteiger partial charge in [0.2, 0.25) is 5.91 Å². The summed E-state index contributed by atoms with van der Waals surface area (Å²) in [7, 11) is 0. The zero-order valence-corrected chi connectivity index (χ0v) is 20.5. The summed E-state index contributed by atoms with van der Waals surface area (Å²) in [6, 6.07) is 0.987. The number of piperidine rings is 1. The van der Waals surface area contributed by atoms with Crippen LogP contribution in [-0.4, -0.2) is 111 Å². The summed E-state index contributed by atoms with van der Waals surface area (Å²) in [5.41, 5.74) is 0. The van der Waals surface area contributed by atoms with E-state index in [0.717, 1.165) is 64.5 Å². The lowest BCUT2D eigenvalue weighted by Crippen LogP contribution is -2.62. The van der Waals surface area contributed by atoms with Gasteiger partial charge in [0.15, 0.2) is 5.96 Å². The van der Waals surface area contributed by atoms with Gasteiger partial charge < -0.3 is 16.0 Å². The van der Waals surface area contributed by atoms with Gasteiger partial charge in [0, 0.05) is 71.0 Å². The molecule has 0 saturated carbocycles. The normalized spacial score (nSPS) is 27.9. The average molecular weight is 521 g/mol. The second-order valence-electron chi connectivity index (χ2n) is 8.25. The molecule has 4 rings (SSSR count). The smallest absolute Gasteiger partial charge is 0.234 e. The number of hydrogen-bond donors (Lipinski definition) is 3. The summed E-state index contributed by atoms with van der Waals surface area (Å²) in [4.78, 5) is 24.2. The first-order valence-electron chi connectivity index (χ1n) is 11.2. The molecule has 1 atom stereocenters. The van der Waals surface area contributed by atoms with Crippen LogP contribution in [0.1, 0.15) is 33.1 Å². The van der Waals surface area contributed by atoms with Crippen molar-refractivity contribution in [1.82, 2.24) is 30.7 Å². The fourth-order valence-corrected chi connectivity index (χ4v) is 4.37. The van der Waals surface area contributed by atoms with Gasteiger partial charge in [-0.3, -0.25) is 24.5 Å². The fourth-order valence-electron chi connectivity index (χ4n) is 4.37. The summed E-state index contributed by atoms with van der Waals surface area (Å²) in [5, 5.41) is 10.0. The van der Waals surface area contributed by atoms with Crippen LogP contribution in [-0.2, 0) is 4.79 Å². The van der Waals surface area contributed by atoms with Gasteiger partial charge in [0.25, 0.3) is 0 Å². The summed E-state index contributed by atoms with van der Waals surface area (Å²) in [6.07, 6.45) is 3.09. The Balaban J connectivity index is 0.00000300. The first kappa shape index (κ1) is 24.6. The number of amides is 1. The second kappa shape index (κ2) is 12.9. The van der Waals surface area contributed by atoms with Crippen molar-refractivity contribution in [2.45, 2.75) is 45.2 Å². The van der Waals surface area contributed by atoms with Crippen LogP contribution < -0.4 is 16.0 Å². The molecular formula is C20H40IN7O. The molecule has 9 heteroatoms. The molecule has 0 aromatic carbocycles. The number of halogens is 1. The van der Waals surface area contributed by atoms with Crippen LogP contribution in [0.2, 0.25) is 0 Å². The highest BCUT2D eigenvalue weighted by atomic mass is 127. The molecule has 0 spiro atoms. The minimum absolute atomic E-state index is 0. The number of aliphatic imine (C=N–C) groups is 1. The number of nitrogens with one attached hydrogen (secondary N) is 3. The third-order valence-corrected chi connectivity index (χ3v) is 6.06. The third kappa shape index (κ3) is 7.84. The first-order chi connectivity index (χ1) is 13.7. The van der Waals surface area contributed by atoms with Crippen LogP contribution >= 0.6 is 24.0 Å². The van der Waals surface area contributed by atoms with Gasteiger partial charge in [0.1, 0.15) is 0 Å². The molecule has 3 N–H and O–H groups in total. The number of hydrogen-bond acceptors (Lipinski definition) is 5. The van der Waals surface area contributed by atoms with E-state index in [1.807, 2.05) is 0 Å². The third-order valence-electron chi connectivity index (χ3n) is 6.06. The SMILES string of the molecule is CCCNC(=O)CN1CCC(NC(=NCC2CN3CCN2CC3)NCC)CC1.I. The van der Waals surface area contributed by atoms with E-state index >= 15 is 0 Å². The molecule has 4 fully saturated rings. The number of carbonyl (C=O) groups is 1. The van der Waals surface area contributed by atoms with Gasteiger partial charge >= 0.3 is 0 Å². The Morgan fingerprint density at radius 1 is 1.03 bits per heavy atom. The van der Waals surface area contributed by atoms with Crippen LogP contribution in [0.4, 0.5) is 0 Å². The van der Waals surface area contributed by atoms with Gasteiger partial charge in [-0.2, -0.15) is 0 Å². The van der Waals surface area contributed by atoms with Gasteiger partial charge in [-0.1, -0.05) is 6.92 Å². The maximum atomic E-state index is 11.9. The van der Waals surface area contributed by atoms with Crippen LogP contribution in [0.15, 0.2) is 4.99 Å². The average Bonchev–Trinajstić information content (AvgIpc) is 2.73. The van der Waals surface area contributed by atoms with E-state index in [-0.39, 0.29) is 29.9 Å². The Kier molecular flexibility index (Phi) is 11.0. The van der Waals surface area contributed by atoms with Crippen molar-refractivity contribution in [1.29, 1.82) is 0 Å². The Hall–Kier alpha value is -0.650. The van der Waals surface area contributed by atoms with Crippen molar-refractivity contribution in [2.24, 2.45) is 4.99 Å². The lowest BCUT2D eigenvalue weighted by atomic mass is 10.1. The maximum absolute atomic E-state index is 11.9. The van der Waals surface area contributed by atoms with Crippen LogP contribution in [0.3, 0.4) is 0 Å². The molecule has 168 valence electrons. The number of fused-ring (bicyclic) bond motifs is 3. The number of piperazine rings is 3. The van der Waals surface area contributed by atoms with E-state index in [0.29, 0.717) is 18.6 Å². The van der Waals surface area contributed by atoms with Crippen LogP contribution in [0.25, 0.3) is 0 Å². The zero-order valence-electron chi connectivity index (χ0n) is 18.2. The van der Waals surface area contributed by atoms with Gasteiger partial charge in [0.05, 0.1) is 13.1 Å². The molecule has 2 bridgehead atoms. The van der Waals surface area contributed by atoms with Crippen molar-refractivity contribution in [3.05, 3.63) is 0 Å². The summed E-state index contributed by atoms with van der Waals surface area (Å²) in [5.74, 6) is 1.09. The largest absolute Gasteiger partial charge is 0.357 e. The van der Waals surface area contributed by atoms with Crippen molar-refractivity contribution < 1.29 is 4.79 Å². The molecule has 4 saturated heterocycles. The van der Waals surface area contributed by atoms with Gasteiger partial charge in [-0.25, -0.2) is 0 Å². The highest BCUT2D eigenvalue weighted by Crippen LogP contribution is 2.16. The molecule has 4 heterocycles. The van der Waals surface area contributed by atoms with Crippen molar-refractivity contribution >= 4 is 35.8 Å². The minimum Gasteiger partial charge on any atom is -0.357 e. The minimum atomic E-state index is 0. The quantitative estimate of drug-likeness (QED) is 0.240. The van der Waals surface area contributed by atoms with Crippen molar-refractivity contribution in [3.63, 3.8) is 0 Å². The number of nitrogens with zero attached hydrogens (tertiary/aromatic N) is 4. The molecule has 1 unspecified atom stereocenters. The summed E-state index contributed by atoms with van der Waals surface area (Å²) in [6.45, 7) is 15.1. The predicted molar refractivity (Wildman–Crippen MR) is 129 cm³/mol. The monoisotopic (exact) mass is 521 g/mol. The molecule has 0 radical (unpaired) electrons. The van der Waals surface area contributed by atoms with E-state index in [9.17, 15) is 4.79 Å². The fraction of sp³-hybridized carbons (Fsp3) is 0.900. The number of guanidine groups is 1. The topological polar surface area (TPSA) is 75.2 Å². The summed E-state index contributed by atoms with van der Waals surface area (Å²) < 4.78 is 0. The van der Waals surface area contributed by atoms with E-state index in [4.69, 9.17) is 4.99 Å². The van der Waals surface area contributed by atoms with Crippen LogP contribution in [0.5, 0.6) is 0 Å². The van der Waals surface area contributed by atoms with E-state index < -0.39 is 0 Å². The zero-order chi connectivity index (χ0) is 19.8. The Bertz CT molecular complexity index is 517. The van der Waals surface area contributed by atoms with Gasteiger partial charge in [-0.05, 0) is 26.2 Å². The standard InChI is InChI=1S/C20H39N7O.HI/c1-3-7-22-19(28)16-25-8-5-17(6-9-25)24-20(21-4-2)23-14-18-15-26-10-12-27(18)13-11-26;/h17-18H,3-16H2,1-2H3,(H,22,28)(H2,21,23,24);1H. The highest BCUT2D eigenvalue weighted by Gasteiger charge is 2.31. The predicted octanol–water partition coefficient (Wildman–Crippen LogP) is 0.150. The molecule has 4 aliphatic heterocycles. The molecule has 8 nitrogen and oxygen atoms in total. The number of carbonyl (C=O) groups excluding carboxylic acids is 1. The Labute approximate surface area is 193 Å². The summed E-state index contributed by atoms with van der Waals surface area (Å²) >= 11 is 0. The number of rotatable bonds is 8. The second-order valence-corrected chi connectivity index (χ2v) is 8.25. The molecule has 0 aliphatic carbocycles. The lowest BCUT2D eigenvalue weighted by molar-refractivity contribution is -0.122. The van der Waals surface area contributed by atoms with E-state index in [1.54, 1.807) is 0 Å². The molecule has 0 aromatic rings. The maximum Gasteiger partial charge on any atom is 0.234 e. The van der Waals surface area contributed by atoms with Crippen molar-refractivity contribution in [3.8, 4) is 0 Å². The Morgan fingerprint density at radius 3 is 2.34 bits per heavy atom. The molecular weight excluding hydrogens is 481 g/mol. The Morgan fingerprint density at radius 2 is 1.76 bits per heavy atom. The van der Waals surface area contributed by atoms with E-state index in [2.05, 4.69) is 44.5 Å². The molecule has 0 aromatic heterocycles. The van der Waals surface area contributed by atoms with Crippen molar-refractivity contribution in [2.75, 3.05) is 72.0 Å². The van der Waals surface area contributed by atoms with Crippen LogP contribution in [0, 0.1) is 0 Å². The van der Waals surface area contributed by atoms with E-state index in [1.165, 1.54) is 26.2 Å². The first-order valence-corrected chi connectivity index (χ1v) is 11.2. The molecule has 29 heavy (non-hydrogen) atoms. The highest BCUT2D eigenvalue weighted by molar-refractivity contribution is 14.0.